The van der Waals surface area contributed by atoms with Crippen LogP contribution in [-0.4, -0.2) is 90.4 Å². The van der Waals surface area contributed by atoms with Crippen molar-refractivity contribution in [3.05, 3.63) is 42.2 Å². The van der Waals surface area contributed by atoms with Crippen LogP contribution in [-0.2, 0) is 54.1 Å². The van der Waals surface area contributed by atoms with Crippen molar-refractivity contribution in [3.8, 4) is 0 Å². The minimum Gasteiger partial charge on any atom is -0.469 e. The first-order chi connectivity index (χ1) is 22.2. The summed E-state index contributed by atoms with van der Waals surface area (Å²) in [6, 6.07) is 3.94. The first-order valence-electron chi connectivity index (χ1n) is 15.5. The number of esters is 4. The van der Waals surface area contributed by atoms with E-state index in [4.69, 9.17) is 18.9 Å². The predicted molar refractivity (Wildman–Crippen MR) is 182 cm³/mol. The number of Topliss-reactive ketones (excluding diaryl/α,β-unsaturated/α-hetero) is 2. The average Bonchev–Trinajstić information content (AvgIpc) is 3.02. The molecule has 1 atom stereocenters. The number of aromatic nitrogens is 1. The van der Waals surface area contributed by atoms with E-state index >= 15 is 0 Å². The molecule has 0 aromatic carbocycles. The van der Waals surface area contributed by atoms with Crippen molar-refractivity contribution in [3.63, 3.8) is 0 Å². The molecule has 13 heteroatoms. The summed E-state index contributed by atoms with van der Waals surface area (Å²) in [4.78, 5) is 77.5. The van der Waals surface area contributed by atoms with E-state index in [-0.39, 0.29) is 69.1 Å². The molecule has 0 saturated heterocycles. The lowest BCUT2D eigenvalue weighted by Gasteiger charge is -2.33. The van der Waals surface area contributed by atoms with E-state index in [0.717, 1.165) is 12.2 Å². The summed E-state index contributed by atoms with van der Waals surface area (Å²) in [5, 5.41) is 0. The smallest absolute Gasteiger partial charge is 0.333 e. The molecule has 0 saturated carbocycles. The first-order valence-corrected chi connectivity index (χ1v) is 17.8. The van der Waals surface area contributed by atoms with Gasteiger partial charge in [0.2, 0.25) is 0 Å². The van der Waals surface area contributed by atoms with Gasteiger partial charge >= 0.3 is 23.9 Å². The summed E-state index contributed by atoms with van der Waals surface area (Å²) < 4.78 is 20.3. The fourth-order valence-electron chi connectivity index (χ4n) is 4.45. The van der Waals surface area contributed by atoms with Crippen LogP contribution in [0.4, 0.5) is 0 Å². The van der Waals surface area contributed by atoms with Crippen molar-refractivity contribution in [1.29, 1.82) is 0 Å². The fourth-order valence-corrected chi connectivity index (χ4v) is 6.59. The first kappa shape index (κ1) is 41.8. The molecule has 0 bridgehead atoms. The highest BCUT2D eigenvalue weighted by atomic mass is 32.2. The Morgan fingerprint density at radius 3 is 2.04 bits per heavy atom. The third-order valence-corrected chi connectivity index (χ3v) is 9.22. The van der Waals surface area contributed by atoms with Crippen LogP contribution in [0.25, 0.3) is 0 Å². The number of aryl methyl sites for hydroxylation is 1. The Balaban J connectivity index is 2.37. The van der Waals surface area contributed by atoms with Crippen LogP contribution in [0.1, 0.15) is 71.8 Å². The normalized spacial score (nSPS) is 12.4. The van der Waals surface area contributed by atoms with E-state index in [9.17, 15) is 28.8 Å². The van der Waals surface area contributed by atoms with Crippen molar-refractivity contribution in [1.82, 2.24) is 4.98 Å². The SMILES string of the molecule is C=C(C)C(=O)OCCCC(=O)OCCOC(=O)C(C)(C)CC(C)(CSCCC(=O)CC(=O)CCSCCc1ccncc1)C(=O)OC. The van der Waals surface area contributed by atoms with Crippen molar-refractivity contribution >= 4 is 59.0 Å². The molecule has 1 unspecified atom stereocenters. The van der Waals surface area contributed by atoms with Crippen molar-refractivity contribution < 1.29 is 47.7 Å². The van der Waals surface area contributed by atoms with Crippen LogP contribution >= 0.6 is 23.5 Å². The second-order valence-electron chi connectivity index (χ2n) is 12.0. The Hall–Kier alpha value is -3.19. The second kappa shape index (κ2) is 22.4. The maximum absolute atomic E-state index is 12.9. The number of thioether (sulfide) groups is 2. The number of pyridine rings is 1. The summed E-state index contributed by atoms with van der Waals surface area (Å²) in [6.45, 7) is 9.78. The molecule has 1 aromatic heterocycles. The summed E-state index contributed by atoms with van der Waals surface area (Å²) in [5.41, 5.74) is -0.647. The molecular formula is C34H49NO10S2. The van der Waals surface area contributed by atoms with Gasteiger partial charge in [-0.2, -0.15) is 23.5 Å². The Morgan fingerprint density at radius 2 is 1.43 bits per heavy atom. The fraction of sp³-hybridized carbons (Fsp3) is 0.618. The van der Waals surface area contributed by atoms with E-state index in [2.05, 4.69) is 11.6 Å². The van der Waals surface area contributed by atoms with Crippen LogP contribution in [0.3, 0.4) is 0 Å². The summed E-state index contributed by atoms with van der Waals surface area (Å²) in [7, 11) is 1.28. The third-order valence-electron chi connectivity index (χ3n) is 6.90. The van der Waals surface area contributed by atoms with E-state index in [1.54, 1.807) is 44.9 Å². The molecule has 47 heavy (non-hydrogen) atoms. The molecule has 0 N–H and O–H groups in total. The molecule has 1 rings (SSSR count). The molecule has 0 aliphatic carbocycles. The van der Waals surface area contributed by atoms with Gasteiger partial charge in [0.15, 0.2) is 0 Å². The molecule has 0 radical (unpaired) electrons. The van der Waals surface area contributed by atoms with Crippen LogP contribution < -0.4 is 0 Å². The Labute approximate surface area is 286 Å². The average molecular weight is 696 g/mol. The molecule has 0 spiro atoms. The van der Waals surface area contributed by atoms with Gasteiger partial charge in [-0.25, -0.2) is 4.79 Å². The van der Waals surface area contributed by atoms with Gasteiger partial charge in [0, 0.05) is 54.5 Å². The lowest BCUT2D eigenvalue weighted by atomic mass is 9.75. The number of hydrogen-bond donors (Lipinski definition) is 0. The van der Waals surface area contributed by atoms with E-state index in [1.165, 1.54) is 31.4 Å². The van der Waals surface area contributed by atoms with Gasteiger partial charge in [0.05, 0.1) is 31.0 Å². The minimum absolute atomic E-state index is 0.0349. The Morgan fingerprint density at radius 1 is 0.809 bits per heavy atom. The van der Waals surface area contributed by atoms with E-state index in [0.29, 0.717) is 23.7 Å². The number of ether oxygens (including phenoxy) is 4. The summed E-state index contributed by atoms with van der Waals surface area (Å²) in [6.07, 6.45) is 5.31. The number of methoxy groups -OCH3 is 1. The highest BCUT2D eigenvalue weighted by Crippen LogP contribution is 2.38. The zero-order valence-corrected chi connectivity index (χ0v) is 29.9. The van der Waals surface area contributed by atoms with Gasteiger partial charge in [-0.3, -0.25) is 29.0 Å². The largest absolute Gasteiger partial charge is 0.469 e. The summed E-state index contributed by atoms with van der Waals surface area (Å²) >= 11 is 3.07. The number of ketones is 2. The molecular weight excluding hydrogens is 647 g/mol. The van der Waals surface area contributed by atoms with Gasteiger partial charge < -0.3 is 18.9 Å². The van der Waals surface area contributed by atoms with Crippen LogP contribution in [0.5, 0.6) is 0 Å². The molecule has 0 aliphatic heterocycles. The Kier molecular flexibility index (Phi) is 19.9. The van der Waals surface area contributed by atoms with Crippen molar-refractivity contribution in [2.45, 2.75) is 72.6 Å². The van der Waals surface area contributed by atoms with Crippen LogP contribution in [0.2, 0.25) is 0 Å². The van der Waals surface area contributed by atoms with Crippen LogP contribution in [0.15, 0.2) is 36.7 Å². The van der Waals surface area contributed by atoms with Crippen molar-refractivity contribution in [2.24, 2.45) is 10.8 Å². The van der Waals surface area contributed by atoms with Gasteiger partial charge in [0.25, 0.3) is 0 Å². The highest BCUT2D eigenvalue weighted by molar-refractivity contribution is 7.99. The second-order valence-corrected chi connectivity index (χ2v) is 14.3. The number of carbonyl (C=O) groups excluding carboxylic acids is 6. The quantitative estimate of drug-likeness (QED) is 0.0445. The maximum atomic E-state index is 12.9. The van der Waals surface area contributed by atoms with Gasteiger partial charge in [-0.15, -0.1) is 0 Å². The number of hydrogen-bond acceptors (Lipinski definition) is 13. The number of rotatable bonds is 25. The molecule has 0 aliphatic rings. The molecule has 1 aromatic rings. The maximum Gasteiger partial charge on any atom is 0.333 e. The van der Waals surface area contributed by atoms with Crippen molar-refractivity contribution in [2.75, 3.05) is 49.9 Å². The lowest BCUT2D eigenvalue weighted by molar-refractivity contribution is -0.163. The molecule has 1 heterocycles. The minimum atomic E-state index is -1.07. The number of carbonyl (C=O) groups is 6. The monoisotopic (exact) mass is 695 g/mol. The molecule has 11 nitrogen and oxygen atoms in total. The van der Waals surface area contributed by atoms with E-state index < -0.39 is 34.7 Å². The number of nitrogens with zero attached hydrogens (tertiary/aromatic N) is 1. The molecule has 262 valence electrons. The van der Waals surface area contributed by atoms with Crippen LogP contribution in [0, 0.1) is 10.8 Å². The lowest BCUT2D eigenvalue weighted by Crippen LogP contribution is -2.40. The summed E-state index contributed by atoms with van der Waals surface area (Å²) in [5.74, 6) is -0.0302. The zero-order valence-electron chi connectivity index (χ0n) is 28.3. The predicted octanol–water partition coefficient (Wildman–Crippen LogP) is 4.98. The zero-order chi connectivity index (χ0) is 35.3. The molecule has 0 amide bonds. The molecule has 0 fully saturated rings. The topological polar surface area (TPSA) is 152 Å². The van der Waals surface area contributed by atoms with Gasteiger partial charge in [0.1, 0.15) is 24.8 Å². The van der Waals surface area contributed by atoms with E-state index in [1.807, 2.05) is 12.1 Å². The van der Waals surface area contributed by atoms with Gasteiger partial charge in [-0.1, -0.05) is 6.58 Å². The third kappa shape index (κ3) is 18.1. The highest BCUT2D eigenvalue weighted by Gasteiger charge is 2.43. The standard InChI is InChI=1S/C34H49NO10S2/c1-25(2)30(39)44-16-7-8-29(38)43-17-18-45-31(40)33(3,4)23-34(5,32(41)42-6)24-47-21-13-28(37)22-27(36)12-20-46-19-11-26-9-14-35-15-10-26/h9-10,14-15H,1,7-8,11-13,16-24H2,2-6H3. The Bertz CT molecular complexity index is 1200. The van der Waals surface area contributed by atoms with Gasteiger partial charge in [-0.05, 0) is 70.4 Å².